The fourth-order valence-corrected chi connectivity index (χ4v) is 1.70. The Kier molecular flexibility index (Phi) is 4.68. The number of nitrogens with one attached hydrogen (secondary N) is 1. The minimum absolute atomic E-state index is 0.0202. The molecule has 0 fully saturated rings. The molecule has 0 saturated heterocycles. The van der Waals surface area contributed by atoms with Crippen LogP contribution < -0.4 is 15.8 Å². The van der Waals surface area contributed by atoms with E-state index in [-0.39, 0.29) is 23.2 Å². The zero-order valence-electron chi connectivity index (χ0n) is 10.7. The highest BCUT2D eigenvalue weighted by molar-refractivity contribution is 6.32. The molecular weight excluding hydrogens is 298 g/mol. The fourth-order valence-electron chi connectivity index (χ4n) is 1.50. The van der Waals surface area contributed by atoms with Gasteiger partial charge in [0.05, 0.1) is 11.8 Å². The van der Waals surface area contributed by atoms with Crippen LogP contribution in [0.15, 0.2) is 46.2 Å². The summed E-state index contributed by atoms with van der Waals surface area (Å²) in [5.41, 5.74) is 6.04. The number of rotatable bonds is 5. The summed E-state index contributed by atoms with van der Waals surface area (Å²) in [4.78, 5) is 12.0. The monoisotopic (exact) mass is 309 g/mol. The van der Waals surface area contributed by atoms with E-state index in [2.05, 4.69) is 10.5 Å². The van der Waals surface area contributed by atoms with Crippen LogP contribution in [0.5, 0.6) is 5.75 Å². The first kappa shape index (κ1) is 14.7. The first-order valence-corrected chi connectivity index (χ1v) is 6.21. The van der Waals surface area contributed by atoms with E-state index in [4.69, 9.17) is 31.7 Å². The van der Waals surface area contributed by atoms with E-state index in [1.165, 1.54) is 12.3 Å². The maximum atomic E-state index is 12.0. The standard InChI is InChI=1S/C13H12ClN3O4/c14-12-10(4-5-20-12)13(18)16-8-2-1-3-9(6-8)21-7-11(15)17-19/h1-6,19H,7H2,(H2,15,17)(H,16,18). The Hall–Kier alpha value is -2.67. The summed E-state index contributed by atoms with van der Waals surface area (Å²) < 4.78 is 10.1. The molecule has 4 N–H and O–H groups in total. The van der Waals surface area contributed by atoms with E-state index in [9.17, 15) is 4.79 Å². The first-order valence-electron chi connectivity index (χ1n) is 5.83. The van der Waals surface area contributed by atoms with Gasteiger partial charge >= 0.3 is 0 Å². The maximum Gasteiger partial charge on any atom is 0.260 e. The summed E-state index contributed by atoms with van der Waals surface area (Å²) in [6.07, 6.45) is 1.33. The lowest BCUT2D eigenvalue weighted by Gasteiger charge is -2.08. The van der Waals surface area contributed by atoms with E-state index < -0.39 is 5.91 Å². The van der Waals surface area contributed by atoms with Gasteiger partial charge in [-0.05, 0) is 29.8 Å². The summed E-state index contributed by atoms with van der Waals surface area (Å²) in [6, 6.07) is 8.11. The molecule has 0 radical (unpaired) electrons. The van der Waals surface area contributed by atoms with Crippen LogP contribution in [0.4, 0.5) is 5.69 Å². The number of oxime groups is 1. The van der Waals surface area contributed by atoms with E-state index in [1.807, 2.05) is 0 Å². The van der Waals surface area contributed by atoms with E-state index >= 15 is 0 Å². The summed E-state index contributed by atoms with van der Waals surface area (Å²) >= 11 is 5.73. The third kappa shape index (κ3) is 3.90. The SMILES string of the molecule is N/C(COc1cccc(NC(=O)c2ccoc2Cl)c1)=N/O. The van der Waals surface area contributed by atoms with Gasteiger partial charge in [0.1, 0.15) is 12.4 Å². The lowest BCUT2D eigenvalue weighted by atomic mass is 10.2. The molecule has 2 rings (SSSR count). The van der Waals surface area contributed by atoms with Crippen molar-refractivity contribution < 1.29 is 19.2 Å². The number of carbonyl (C=O) groups excluding carboxylic acids is 1. The van der Waals surface area contributed by atoms with Gasteiger partial charge in [-0.1, -0.05) is 11.2 Å². The van der Waals surface area contributed by atoms with Crippen molar-refractivity contribution in [2.24, 2.45) is 10.9 Å². The van der Waals surface area contributed by atoms with Crippen LogP contribution in [-0.2, 0) is 0 Å². The number of hydrogen-bond donors (Lipinski definition) is 3. The number of furan rings is 1. The zero-order chi connectivity index (χ0) is 15.2. The highest BCUT2D eigenvalue weighted by atomic mass is 35.5. The van der Waals surface area contributed by atoms with Crippen molar-refractivity contribution in [1.29, 1.82) is 0 Å². The molecule has 1 amide bonds. The Morgan fingerprint density at radius 1 is 1.48 bits per heavy atom. The van der Waals surface area contributed by atoms with Crippen molar-refractivity contribution >= 4 is 29.0 Å². The summed E-state index contributed by atoms with van der Waals surface area (Å²) in [5.74, 6) is -0.00496. The van der Waals surface area contributed by atoms with Crippen LogP contribution in [0.2, 0.25) is 5.22 Å². The van der Waals surface area contributed by atoms with E-state index in [0.29, 0.717) is 11.4 Å². The van der Waals surface area contributed by atoms with Crippen LogP contribution >= 0.6 is 11.6 Å². The Labute approximate surface area is 124 Å². The Morgan fingerprint density at radius 3 is 2.95 bits per heavy atom. The van der Waals surface area contributed by atoms with Gasteiger partial charge in [0.2, 0.25) is 5.22 Å². The lowest BCUT2D eigenvalue weighted by Crippen LogP contribution is -2.20. The molecular formula is C13H12ClN3O4. The molecule has 0 saturated carbocycles. The fraction of sp³-hybridized carbons (Fsp3) is 0.0769. The van der Waals surface area contributed by atoms with Crippen LogP contribution in [0.1, 0.15) is 10.4 Å². The molecule has 0 aliphatic rings. The zero-order valence-corrected chi connectivity index (χ0v) is 11.5. The van der Waals surface area contributed by atoms with Gasteiger partial charge < -0.3 is 25.4 Å². The lowest BCUT2D eigenvalue weighted by molar-refractivity contribution is 0.102. The van der Waals surface area contributed by atoms with Gasteiger partial charge in [0.25, 0.3) is 5.91 Å². The van der Waals surface area contributed by atoms with Gasteiger partial charge in [-0.15, -0.1) is 0 Å². The van der Waals surface area contributed by atoms with Crippen LogP contribution in [0.3, 0.4) is 0 Å². The molecule has 0 atom stereocenters. The molecule has 21 heavy (non-hydrogen) atoms. The number of amidine groups is 1. The predicted octanol–water partition coefficient (Wildman–Crippen LogP) is 2.31. The number of nitrogens with two attached hydrogens (primary N) is 1. The van der Waals surface area contributed by atoms with Crippen molar-refractivity contribution in [3.05, 3.63) is 47.4 Å². The topological polar surface area (TPSA) is 110 Å². The van der Waals surface area contributed by atoms with Gasteiger partial charge in [0, 0.05) is 11.8 Å². The Balaban J connectivity index is 2.04. The minimum Gasteiger partial charge on any atom is -0.485 e. The molecule has 2 aromatic rings. The largest absolute Gasteiger partial charge is 0.485 e. The molecule has 0 aliphatic heterocycles. The van der Waals surface area contributed by atoms with Crippen molar-refractivity contribution in [3.63, 3.8) is 0 Å². The van der Waals surface area contributed by atoms with Crippen molar-refractivity contribution in [2.75, 3.05) is 11.9 Å². The number of ether oxygens (including phenoxy) is 1. The van der Waals surface area contributed by atoms with Gasteiger partial charge in [-0.25, -0.2) is 0 Å². The highest BCUT2D eigenvalue weighted by Gasteiger charge is 2.13. The third-order valence-corrected chi connectivity index (χ3v) is 2.76. The normalized spacial score (nSPS) is 11.2. The van der Waals surface area contributed by atoms with E-state index in [0.717, 1.165) is 0 Å². The number of nitrogens with zero attached hydrogens (tertiary/aromatic N) is 1. The Morgan fingerprint density at radius 2 is 2.29 bits per heavy atom. The molecule has 1 aromatic carbocycles. The number of anilines is 1. The molecule has 0 bridgehead atoms. The second-order valence-electron chi connectivity index (χ2n) is 3.97. The summed E-state index contributed by atoms with van der Waals surface area (Å²) in [5, 5.41) is 13.9. The number of carbonyl (C=O) groups is 1. The number of halogens is 1. The van der Waals surface area contributed by atoms with Crippen LogP contribution in [-0.4, -0.2) is 23.6 Å². The smallest absolute Gasteiger partial charge is 0.260 e. The van der Waals surface area contributed by atoms with Gasteiger partial charge in [0.15, 0.2) is 5.84 Å². The van der Waals surface area contributed by atoms with E-state index in [1.54, 1.807) is 24.3 Å². The van der Waals surface area contributed by atoms with Gasteiger partial charge in [-0.3, -0.25) is 4.79 Å². The predicted molar refractivity (Wildman–Crippen MR) is 77.0 cm³/mol. The Bertz CT molecular complexity index is 669. The molecule has 0 spiro atoms. The summed E-state index contributed by atoms with van der Waals surface area (Å²) in [7, 11) is 0. The molecule has 0 unspecified atom stereocenters. The maximum absolute atomic E-state index is 12.0. The molecule has 1 aromatic heterocycles. The summed E-state index contributed by atoms with van der Waals surface area (Å²) in [6.45, 7) is -0.0680. The first-order chi connectivity index (χ1) is 10.1. The third-order valence-electron chi connectivity index (χ3n) is 2.47. The van der Waals surface area contributed by atoms with Gasteiger partial charge in [-0.2, -0.15) is 0 Å². The number of hydrogen-bond acceptors (Lipinski definition) is 5. The molecule has 8 heteroatoms. The minimum atomic E-state index is -0.401. The molecule has 110 valence electrons. The molecule has 0 aliphatic carbocycles. The van der Waals surface area contributed by atoms with Crippen LogP contribution in [0, 0.1) is 0 Å². The van der Waals surface area contributed by atoms with Crippen molar-refractivity contribution in [2.45, 2.75) is 0 Å². The average molecular weight is 310 g/mol. The average Bonchev–Trinajstić information content (AvgIpc) is 2.91. The number of amides is 1. The molecule has 1 heterocycles. The highest BCUT2D eigenvalue weighted by Crippen LogP contribution is 2.21. The second kappa shape index (κ2) is 6.67. The quantitative estimate of drug-likeness (QED) is 0.340. The second-order valence-corrected chi connectivity index (χ2v) is 4.31. The van der Waals surface area contributed by atoms with Crippen molar-refractivity contribution in [1.82, 2.24) is 0 Å². The number of benzene rings is 1. The van der Waals surface area contributed by atoms with Crippen LogP contribution in [0.25, 0.3) is 0 Å². The van der Waals surface area contributed by atoms with Crippen molar-refractivity contribution in [3.8, 4) is 5.75 Å². The molecule has 7 nitrogen and oxygen atoms in total.